The Morgan fingerprint density at radius 2 is 1.56 bits per heavy atom. The van der Waals surface area contributed by atoms with Gasteiger partial charge in [-0.1, -0.05) is 23.8 Å². The zero-order chi connectivity index (χ0) is 19.8. The molecular weight excluding hydrogens is 359 g/mol. The molecule has 0 fully saturated rings. The van der Waals surface area contributed by atoms with Crippen molar-refractivity contribution in [2.45, 2.75) is 37.9 Å². The molecule has 3 nitrogen and oxygen atoms in total. The molecule has 1 atom stereocenters. The van der Waals surface area contributed by atoms with E-state index in [4.69, 9.17) is 0 Å². The summed E-state index contributed by atoms with van der Waals surface area (Å²) in [4.78, 5) is 23.6. The topological polar surface area (TPSA) is 37.4 Å². The van der Waals surface area contributed by atoms with Crippen molar-refractivity contribution < 1.29 is 40.3 Å². The molecular formula is C15H14F7NO2. The fourth-order valence-corrected chi connectivity index (χ4v) is 1.93. The minimum atomic E-state index is -6.63. The summed E-state index contributed by atoms with van der Waals surface area (Å²) in [6, 6.07) is 4.06. The maximum atomic E-state index is 13.5. The molecule has 0 aliphatic carbocycles. The normalized spacial score (nSPS) is 14.2. The van der Waals surface area contributed by atoms with Crippen LogP contribution >= 0.6 is 0 Å². The zero-order valence-electron chi connectivity index (χ0n) is 13.3. The fraction of sp³-hybridized carbons (Fsp3) is 0.467. The van der Waals surface area contributed by atoms with Crippen molar-refractivity contribution in [1.82, 2.24) is 4.90 Å². The van der Waals surface area contributed by atoms with Gasteiger partial charge in [0.25, 0.3) is 5.91 Å². The van der Waals surface area contributed by atoms with Crippen molar-refractivity contribution >= 4 is 11.7 Å². The Morgan fingerprint density at radius 3 is 2.00 bits per heavy atom. The van der Waals surface area contributed by atoms with Crippen LogP contribution in [-0.2, 0) is 4.79 Å². The van der Waals surface area contributed by atoms with Gasteiger partial charge in [0.15, 0.2) is 5.78 Å². The van der Waals surface area contributed by atoms with Crippen molar-refractivity contribution in [3.63, 3.8) is 0 Å². The number of benzene rings is 1. The average Bonchev–Trinajstić information content (AvgIpc) is 2.50. The third kappa shape index (κ3) is 3.77. The number of nitrogens with zero attached hydrogens (tertiary/aromatic N) is 1. The van der Waals surface area contributed by atoms with Crippen LogP contribution in [0.3, 0.4) is 0 Å². The zero-order valence-corrected chi connectivity index (χ0v) is 13.3. The molecule has 1 aromatic rings. The molecule has 0 radical (unpaired) electrons. The Kier molecular flexibility index (Phi) is 5.56. The molecule has 0 aromatic heterocycles. The van der Waals surface area contributed by atoms with E-state index < -0.39 is 35.8 Å². The lowest BCUT2D eigenvalue weighted by atomic mass is 10.0. The first-order chi connectivity index (χ1) is 11.1. The van der Waals surface area contributed by atoms with Gasteiger partial charge in [-0.15, -0.1) is 0 Å². The fourth-order valence-electron chi connectivity index (χ4n) is 1.93. The molecule has 0 aliphatic rings. The highest BCUT2D eigenvalue weighted by Gasteiger charge is 2.76. The number of ketones is 1. The van der Waals surface area contributed by atoms with Gasteiger partial charge in [-0.2, -0.15) is 30.7 Å². The highest BCUT2D eigenvalue weighted by atomic mass is 19.4. The van der Waals surface area contributed by atoms with Gasteiger partial charge >= 0.3 is 18.0 Å². The van der Waals surface area contributed by atoms with E-state index in [1.807, 2.05) is 0 Å². The van der Waals surface area contributed by atoms with Crippen LogP contribution in [0.1, 0.15) is 22.8 Å². The second-order valence-corrected chi connectivity index (χ2v) is 5.47. The Balaban J connectivity index is 3.11. The first-order valence-corrected chi connectivity index (χ1v) is 6.85. The molecule has 10 heteroatoms. The highest BCUT2D eigenvalue weighted by Crippen LogP contribution is 2.47. The van der Waals surface area contributed by atoms with Crippen molar-refractivity contribution in [3.05, 3.63) is 35.4 Å². The summed E-state index contributed by atoms with van der Waals surface area (Å²) in [7, 11) is 0.557. The second-order valence-electron chi connectivity index (χ2n) is 5.47. The SMILES string of the molecule is Cc1cccc(C(=O)C(C)N(C)C(=O)C(F)(F)C(F)(F)C(F)(F)F)c1. The second kappa shape index (κ2) is 6.64. The first-order valence-electron chi connectivity index (χ1n) is 6.85. The summed E-state index contributed by atoms with van der Waals surface area (Å²) in [6.45, 7) is 2.57. The minimum Gasteiger partial charge on any atom is -0.330 e. The minimum absolute atomic E-state index is 0.00181. The van der Waals surface area contributed by atoms with E-state index in [0.717, 1.165) is 6.92 Å². The number of alkyl halides is 7. The van der Waals surface area contributed by atoms with Crippen LogP contribution < -0.4 is 0 Å². The molecule has 1 aromatic carbocycles. The Bertz CT molecular complexity index is 670. The standard InChI is InChI=1S/C15H14F7NO2/c1-8-5-4-6-10(7-8)11(24)9(2)23(3)12(25)13(16,17)14(18,19)15(20,21)22/h4-7,9H,1-3H3. The number of carbonyl (C=O) groups is 2. The van der Waals surface area contributed by atoms with Crippen LogP contribution in [0.4, 0.5) is 30.7 Å². The third-order valence-corrected chi connectivity index (χ3v) is 3.60. The smallest absolute Gasteiger partial charge is 0.330 e. The molecule has 140 valence electrons. The van der Waals surface area contributed by atoms with Crippen molar-refractivity contribution in [2.24, 2.45) is 0 Å². The molecule has 0 saturated heterocycles. The Hall–Kier alpha value is -2.13. The Morgan fingerprint density at radius 1 is 1.04 bits per heavy atom. The average molecular weight is 373 g/mol. The van der Waals surface area contributed by atoms with Crippen LogP contribution in [-0.4, -0.2) is 47.7 Å². The summed E-state index contributed by atoms with van der Waals surface area (Å²) in [5.74, 6) is -16.3. The van der Waals surface area contributed by atoms with E-state index in [9.17, 15) is 40.3 Å². The lowest BCUT2D eigenvalue weighted by Gasteiger charge is -2.32. The summed E-state index contributed by atoms with van der Waals surface area (Å²) in [5, 5.41) is 0. The molecule has 0 N–H and O–H groups in total. The number of hydrogen-bond donors (Lipinski definition) is 0. The van der Waals surface area contributed by atoms with Crippen molar-refractivity contribution in [2.75, 3.05) is 7.05 Å². The van der Waals surface area contributed by atoms with Gasteiger partial charge in [-0.05, 0) is 19.9 Å². The predicted octanol–water partition coefficient (Wildman–Crippen LogP) is 3.86. The monoisotopic (exact) mass is 373 g/mol. The van der Waals surface area contributed by atoms with E-state index in [1.165, 1.54) is 18.2 Å². The lowest BCUT2D eigenvalue weighted by Crippen LogP contribution is -2.61. The van der Waals surface area contributed by atoms with E-state index in [1.54, 1.807) is 13.0 Å². The van der Waals surface area contributed by atoms with Gasteiger partial charge in [-0.25, -0.2) is 0 Å². The quantitative estimate of drug-likeness (QED) is 0.581. The van der Waals surface area contributed by atoms with Gasteiger partial charge in [-0.3, -0.25) is 9.59 Å². The number of amides is 1. The van der Waals surface area contributed by atoms with Crippen LogP contribution in [0.15, 0.2) is 24.3 Å². The van der Waals surface area contributed by atoms with E-state index in [-0.39, 0.29) is 10.5 Å². The molecule has 0 aliphatic heterocycles. The maximum Gasteiger partial charge on any atom is 0.460 e. The number of carbonyl (C=O) groups excluding carboxylic acids is 2. The lowest BCUT2D eigenvalue weighted by molar-refractivity contribution is -0.345. The molecule has 1 amide bonds. The molecule has 0 saturated carbocycles. The van der Waals surface area contributed by atoms with Gasteiger partial charge in [0.2, 0.25) is 0 Å². The Labute approximate surface area is 138 Å². The third-order valence-electron chi connectivity index (χ3n) is 3.60. The van der Waals surface area contributed by atoms with E-state index in [0.29, 0.717) is 12.6 Å². The predicted molar refractivity (Wildman–Crippen MR) is 73.7 cm³/mol. The number of likely N-dealkylation sites (N-methyl/N-ethyl adjacent to an activating group) is 1. The molecule has 1 rings (SSSR count). The van der Waals surface area contributed by atoms with Crippen LogP contribution in [0.25, 0.3) is 0 Å². The molecule has 0 heterocycles. The number of rotatable bonds is 5. The van der Waals surface area contributed by atoms with E-state index in [2.05, 4.69) is 0 Å². The number of aryl methyl sites for hydroxylation is 1. The van der Waals surface area contributed by atoms with Crippen molar-refractivity contribution in [3.8, 4) is 0 Å². The number of Topliss-reactive ketones (excluding diaryl/α,β-unsaturated/α-hetero) is 1. The molecule has 0 spiro atoms. The first kappa shape index (κ1) is 20.9. The van der Waals surface area contributed by atoms with Gasteiger partial charge < -0.3 is 4.90 Å². The summed E-state index contributed by atoms with van der Waals surface area (Å²) in [6.07, 6.45) is -6.63. The van der Waals surface area contributed by atoms with Crippen LogP contribution in [0.5, 0.6) is 0 Å². The van der Waals surface area contributed by atoms with Crippen LogP contribution in [0, 0.1) is 6.92 Å². The summed E-state index contributed by atoms with van der Waals surface area (Å²) >= 11 is 0. The van der Waals surface area contributed by atoms with Gasteiger partial charge in [0.1, 0.15) is 0 Å². The maximum absolute atomic E-state index is 13.5. The van der Waals surface area contributed by atoms with E-state index >= 15 is 0 Å². The van der Waals surface area contributed by atoms with Crippen molar-refractivity contribution in [1.29, 1.82) is 0 Å². The largest absolute Gasteiger partial charge is 0.460 e. The van der Waals surface area contributed by atoms with Gasteiger partial charge in [0.05, 0.1) is 6.04 Å². The molecule has 0 bridgehead atoms. The summed E-state index contributed by atoms with van der Waals surface area (Å²) < 4.78 is 89.3. The molecule has 25 heavy (non-hydrogen) atoms. The summed E-state index contributed by atoms with van der Waals surface area (Å²) in [5.41, 5.74) is 0.624. The number of halogens is 7. The number of hydrogen-bond acceptors (Lipinski definition) is 2. The molecule has 1 unspecified atom stereocenters. The van der Waals surface area contributed by atoms with Crippen LogP contribution in [0.2, 0.25) is 0 Å². The highest BCUT2D eigenvalue weighted by molar-refractivity contribution is 6.02. The van der Waals surface area contributed by atoms with Gasteiger partial charge in [0, 0.05) is 12.6 Å².